The van der Waals surface area contributed by atoms with Crippen LogP contribution in [0.2, 0.25) is 0 Å². The van der Waals surface area contributed by atoms with Gasteiger partial charge in [-0.05, 0) is 44.5 Å². The number of carboxylic acid groups (broad SMARTS) is 1. The Hall–Kier alpha value is -1.42. The van der Waals surface area contributed by atoms with Gasteiger partial charge in [-0.2, -0.15) is 0 Å². The highest BCUT2D eigenvalue weighted by atomic mass is 19.1. The first kappa shape index (κ1) is 16.6. The van der Waals surface area contributed by atoms with E-state index in [9.17, 15) is 9.18 Å². The second kappa shape index (κ2) is 8.00. The van der Waals surface area contributed by atoms with Crippen LogP contribution in [0.5, 0.6) is 0 Å². The maximum atomic E-state index is 13.4. The minimum atomic E-state index is -1.22. The fourth-order valence-corrected chi connectivity index (χ4v) is 2.15. The number of unbranched alkanes of at least 4 members (excludes halogenated alkanes) is 2. The zero-order valence-electron chi connectivity index (χ0n) is 12.5. The van der Waals surface area contributed by atoms with Crippen LogP contribution in [0.25, 0.3) is 0 Å². The molecular formula is C16H24FNO2. The van der Waals surface area contributed by atoms with Crippen LogP contribution in [-0.4, -0.2) is 28.6 Å². The number of hydrogen-bond acceptors (Lipinski definition) is 2. The van der Waals surface area contributed by atoms with Gasteiger partial charge in [-0.15, -0.1) is 0 Å². The van der Waals surface area contributed by atoms with Crippen molar-refractivity contribution in [1.29, 1.82) is 0 Å². The highest BCUT2D eigenvalue weighted by Gasteiger charge is 2.14. The second-order valence-electron chi connectivity index (χ2n) is 5.39. The topological polar surface area (TPSA) is 40.5 Å². The molecule has 20 heavy (non-hydrogen) atoms. The van der Waals surface area contributed by atoms with Crippen molar-refractivity contribution >= 4 is 5.97 Å². The van der Waals surface area contributed by atoms with Gasteiger partial charge in [0.15, 0.2) is 0 Å². The SMILES string of the molecule is CCCCCN(Cc1ccc(F)c(C(=O)O)c1)C(C)C. The molecule has 0 saturated heterocycles. The lowest BCUT2D eigenvalue weighted by molar-refractivity contribution is 0.0691. The first-order valence-corrected chi connectivity index (χ1v) is 7.21. The Balaban J connectivity index is 2.78. The van der Waals surface area contributed by atoms with Crippen LogP contribution in [0.4, 0.5) is 4.39 Å². The standard InChI is InChI=1S/C16H24FNO2/c1-4-5-6-9-18(12(2)3)11-13-7-8-15(17)14(10-13)16(19)20/h7-8,10,12H,4-6,9,11H2,1-3H3,(H,19,20). The quantitative estimate of drug-likeness (QED) is 0.734. The van der Waals surface area contributed by atoms with Crippen molar-refractivity contribution in [2.75, 3.05) is 6.54 Å². The normalized spacial score (nSPS) is 11.3. The van der Waals surface area contributed by atoms with E-state index < -0.39 is 11.8 Å². The second-order valence-corrected chi connectivity index (χ2v) is 5.39. The minimum absolute atomic E-state index is 0.250. The van der Waals surface area contributed by atoms with E-state index in [1.165, 1.54) is 25.0 Å². The van der Waals surface area contributed by atoms with Gasteiger partial charge in [-0.1, -0.05) is 25.8 Å². The smallest absolute Gasteiger partial charge is 0.338 e. The monoisotopic (exact) mass is 281 g/mol. The number of carbonyl (C=O) groups is 1. The van der Waals surface area contributed by atoms with E-state index >= 15 is 0 Å². The molecule has 0 saturated carbocycles. The van der Waals surface area contributed by atoms with Crippen molar-refractivity contribution < 1.29 is 14.3 Å². The molecule has 1 rings (SSSR count). The molecule has 0 aliphatic heterocycles. The van der Waals surface area contributed by atoms with Crippen LogP contribution in [0.15, 0.2) is 18.2 Å². The first-order valence-electron chi connectivity index (χ1n) is 7.21. The summed E-state index contributed by atoms with van der Waals surface area (Å²) in [7, 11) is 0. The Bertz CT molecular complexity index is 446. The van der Waals surface area contributed by atoms with Gasteiger partial charge in [0.2, 0.25) is 0 Å². The van der Waals surface area contributed by atoms with Gasteiger partial charge < -0.3 is 5.11 Å². The van der Waals surface area contributed by atoms with Crippen LogP contribution in [-0.2, 0) is 6.54 Å². The molecule has 0 aromatic heterocycles. The number of nitrogens with zero attached hydrogens (tertiary/aromatic N) is 1. The maximum absolute atomic E-state index is 13.4. The molecule has 0 atom stereocenters. The van der Waals surface area contributed by atoms with Gasteiger partial charge in [0.1, 0.15) is 5.82 Å². The van der Waals surface area contributed by atoms with E-state index in [2.05, 4.69) is 25.7 Å². The third-order valence-corrected chi connectivity index (χ3v) is 3.43. The number of carboxylic acids is 1. The van der Waals surface area contributed by atoms with Gasteiger partial charge in [0.05, 0.1) is 5.56 Å². The molecule has 0 aliphatic carbocycles. The van der Waals surface area contributed by atoms with Crippen molar-refractivity contribution in [3.8, 4) is 0 Å². The van der Waals surface area contributed by atoms with Crippen molar-refractivity contribution in [3.63, 3.8) is 0 Å². The lowest BCUT2D eigenvalue weighted by Crippen LogP contribution is -2.31. The highest BCUT2D eigenvalue weighted by Crippen LogP contribution is 2.15. The van der Waals surface area contributed by atoms with Crippen LogP contribution in [0.1, 0.15) is 56.0 Å². The van der Waals surface area contributed by atoms with E-state index in [0.717, 1.165) is 18.5 Å². The third-order valence-electron chi connectivity index (χ3n) is 3.43. The number of halogens is 1. The summed E-state index contributed by atoms with van der Waals surface area (Å²) in [5.41, 5.74) is 0.591. The molecule has 0 spiro atoms. The molecule has 0 amide bonds. The highest BCUT2D eigenvalue weighted by molar-refractivity contribution is 5.88. The summed E-state index contributed by atoms with van der Waals surface area (Å²) >= 11 is 0. The van der Waals surface area contributed by atoms with Crippen molar-refractivity contribution in [3.05, 3.63) is 35.1 Å². The van der Waals surface area contributed by atoms with E-state index in [4.69, 9.17) is 5.11 Å². The number of benzene rings is 1. The first-order chi connectivity index (χ1) is 9.45. The molecule has 1 aromatic rings. The minimum Gasteiger partial charge on any atom is -0.478 e. The summed E-state index contributed by atoms with van der Waals surface area (Å²) in [6, 6.07) is 4.72. The summed E-state index contributed by atoms with van der Waals surface area (Å²) in [5, 5.41) is 8.95. The Morgan fingerprint density at radius 2 is 2.05 bits per heavy atom. The maximum Gasteiger partial charge on any atom is 0.338 e. The molecule has 0 fully saturated rings. The fourth-order valence-electron chi connectivity index (χ4n) is 2.15. The molecule has 0 aliphatic rings. The van der Waals surface area contributed by atoms with E-state index in [0.29, 0.717) is 12.6 Å². The molecular weight excluding hydrogens is 257 g/mol. The van der Waals surface area contributed by atoms with Crippen molar-refractivity contribution in [1.82, 2.24) is 4.90 Å². The van der Waals surface area contributed by atoms with E-state index in [1.54, 1.807) is 6.07 Å². The predicted molar refractivity (Wildman–Crippen MR) is 78.4 cm³/mol. The van der Waals surface area contributed by atoms with Gasteiger partial charge in [-0.3, -0.25) is 4.90 Å². The summed E-state index contributed by atoms with van der Waals surface area (Å²) in [6.45, 7) is 8.03. The molecule has 0 unspecified atom stereocenters. The molecule has 112 valence electrons. The fraction of sp³-hybridized carbons (Fsp3) is 0.562. The Morgan fingerprint density at radius 1 is 1.35 bits per heavy atom. The van der Waals surface area contributed by atoms with Crippen molar-refractivity contribution in [2.24, 2.45) is 0 Å². The lowest BCUT2D eigenvalue weighted by atomic mass is 10.1. The van der Waals surface area contributed by atoms with Gasteiger partial charge in [-0.25, -0.2) is 9.18 Å². The molecule has 1 aromatic carbocycles. The van der Waals surface area contributed by atoms with Gasteiger partial charge in [0.25, 0.3) is 0 Å². The largest absolute Gasteiger partial charge is 0.478 e. The molecule has 1 N–H and O–H groups in total. The molecule has 0 bridgehead atoms. The summed E-state index contributed by atoms with van der Waals surface area (Å²) in [5.74, 6) is -1.89. The van der Waals surface area contributed by atoms with Crippen molar-refractivity contribution in [2.45, 2.75) is 52.6 Å². The van der Waals surface area contributed by atoms with E-state index in [-0.39, 0.29) is 5.56 Å². The van der Waals surface area contributed by atoms with Crippen LogP contribution >= 0.6 is 0 Å². The lowest BCUT2D eigenvalue weighted by Gasteiger charge is -2.26. The molecule has 0 radical (unpaired) electrons. The zero-order valence-corrected chi connectivity index (χ0v) is 12.5. The van der Waals surface area contributed by atoms with Crippen LogP contribution in [0.3, 0.4) is 0 Å². The zero-order chi connectivity index (χ0) is 15.1. The molecule has 0 heterocycles. The summed E-state index contributed by atoms with van der Waals surface area (Å²) in [6.07, 6.45) is 3.49. The average Bonchev–Trinajstić information content (AvgIpc) is 2.39. The Kier molecular flexibility index (Phi) is 6.65. The van der Waals surface area contributed by atoms with Gasteiger partial charge in [0, 0.05) is 12.6 Å². The number of rotatable bonds is 8. The predicted octanol–water partition coefficient (Wildman–Crippen LogP) is 3.92. The summed E-state index contributed by atoms with van der Waals surface area (Å²) < 4.78 is 13.4. The Morgan fingerprint density at radius 3 is 2.60 bits per heavy atom. The molecule has 3 nitrogen and oxygen atoms in total. The Labute approximate surface area is 120 Å². The van der Waals surface area contributed by atoms with Crippen LogP contribution < -0.4 is 0 Å². The third kappa shape index (κ3) is 4.93. The van der Waals surface area contributed by atoms with Crippen LogP contribution in [0, 0.1) is 5.82 Å². The number of aromatic carboxylic acids is 1. The number of hydrogen-bond donors (Lipinski definition) is 1. The summed E-state index contributed by atoms with van der Waals surface area (Å²) in [4.78, 5) is 13.2. The van der Waals surface area contributed by atoms with E-state index in [1.807, 2.05) is 0 Å². The molecule has 4 heteroatoms. The average molecular weight is 281 g/mol. The van der Waals surface area contributed by atoms with Gasteiger partial charge >= 0.3 is 5.97 Å².